The molecule has 6 nitrogen and oxygen atoms in total. The summed E-state index contributed by atoms with van der Waals surface area (Å²) >= 11 is 5.92. The van der Waals surface area contributed by atoms with Crippen molar-refractivity contribution in [2.24, 2.45) is 5.92 Å². The first-order chi connectivity index (χ1) is 9.23. The molecule has 0 bridgehead atoms. The number of hydrogen-bond donors (Lipinski definition) is 2. The molecule has 0 radical (unpaired) electrons. The molecule has 1 rings (SSSR count). The molecule has 0 fully saturated rings. The van der Waals surface area contributed by atoms with E-state index in [1.165, 1.54) is 13.1 Å². The highest BCUT2D eigenvalue weighted by Crippen LogP contribution is 2.16. The van der Waals surface area contributed by atoms with Gasteiger partial charge >= 0.3 is 5.97 Å². The summed E-state index contributed by atoms with van der Waals surface area (Å²) in [5.74, 6) is -1.61. The van der Waals surface area contributed by atoms with Gasteiger partial charge in [-0.2, -0.15) is 0 Å². The molecule has 1 amide bonds. The van der Waals surface area contributed by atoms with Crippen LogP contribution in [0, 0.1) is 5.92 Å². The molecule has 20 heavy (non-hydrogen) atoms. The zero-order valence-electron chi connectivity index (χ0n) is 11.8. The molecule has 2 atom stereocenters. The lowest BCUT2D eigenvalue weighted by Crippen LogP contribution is -2.40. The maximum absolute atomic E-state index is 12.1. The Hall–Kier alpha value is -1.69. The third kappa shape index (κ3) is 3.90. The zero-order chi connectivity index (χ0) is 15.4. The number of amides is 1. The molecule has 2 N–H and O–H groups in total. The summed E-state index contributed by atoms with van der Waals surface area (Å²) in [6.07, 6.45) is 1.38. The molecule has 0 aliphatic rings. The molecule has 0 aliphatic heterocycles. The van der Waals surface area contributed by atoms with Gasteiger partial charge < -0.3 is 10.4 Å². The number of halogens is 1. The van der Waals surface area contributed by atoms with E-state index < -0.39 is 23.8 Å². The molecular weight excluding hydrogens is 282 g/mol. The maximum Gasteiger partial charge on any atom is 0.308 e. The van der Waals surface area contributed by atoms with Crippen LogP contribution in [0.1, 0.15) is 49.9 Å². The standard InChI is InChI=1S/C13H18ClN3O3/c1-6(2)11-15-5-9(14)10(17-11)12(18)16-8(4)7(3)13(19)20/h5-8H,1-4H3,(H,16,18)(H,19,20). The fourth-order valence-corrected chi connectivity index (χ4v) is 1.61. The molecule has 2 unspecified atom stereocenters. The first kappa shape index (κ1) is 16.4. The van der Waals surface area contributed by atoms with Crippen molar-refractivity contribution in [1.82, 2.24) is 15.3 Å². The van der Waals surface area contributed by atoms with E-state index in [1.807, 2.05) is 13.8 Å². The molecule has 0 spiro atoms. The Morgan fingerprint density at radius 3 is 2.40 bits per heavy atom. The second kappa shape index (κ2) is 6.65. The summed E-state index contributed by atoms with van der Waals surface area (Å²) in [6, 6.07) is -0.534. The van der Waals surface area contributed by atoms with Gasteiger partial charge in [-0.15, -0.1) is 0 Å². The average molecular weight is 300 g/mol. The molecule has 1 heterocycles. The van der Waals surface area contributed by atoms with Gasteiger partial charge in [0, 0.05) is 12.0 Å². The van der Waals surface area contributed by atoms with Crippen LogP contribution < -0.4 is 5.32 Å². The zero-order valence-corrected chi connectivity index (χ0v) is 12.6. The smallest absolute Gasteiger partial charge is 0.308 e. The number of carbonyl (C=O) groups is 2. The fourth-order valence-electron chi connectivity index (χ4n) is 1.43. The van der Waals surface area contributed by atoms with Gasteiger partial charge in [0.15, 0.2) is 0 Å². The van der Waals surface area contributed by atoms with Crippen LogP contribution >= 0.6 is 11.6 Å². The number of rotatable bonds is 5. The lowest BCUT2D eigenvalue weighted by atomic mass is 10.0. The highest BCUT2D eigenvalue weighted by atomic mass is 35.5. The topological polar surface area (TPSA) is 92.2 Å². The Kier molecular flexibility index (Phi) is 5.44. The van der Waals surface area contributed by atoms with Gasteiger partial charge in [0.2, 0.25) is 0 Å². The summed E-state index contributed by atoms with van der Waals surface area (Å²) in [4.78, 5) is 31.1. The molecule has 0 aromatic carbocycles. The molecule has 0 saturated carbocycles. The molecule has 1 aromatic rings. The Morgan fingerprint density at radius 1 is 1.30 bits per heavy atom. The van der Waals surface area contributed by atoms with Crippen molar-refractivity contribution in [2.75, 3.05) is 0 Å². The van der Waals surface area contributed by atoms with Gasteiger partial charge in [-0.3, -0.25) is 9.59 Å². The summed E-state index contributed by atoms with van der Waals surface area (Å²) in [6.45, 7) is 6.95. The van der Waals surface area contributed by atoms with Crippen LogP contribution in [0.3, 0.4) is 0 Å². The first-order valence-corrected chi connectivity index (χ1v) is 6.68. The predicted octanol–water partition coefficient (Wildman–Crippen LogP) is 2.09. The van der Waals surface area contributed by atoms with Gasteiger partial charge in [0.1, 0.15) is 11.5 Å². The lowest BCUT2D eigenvalue weighted by molar-refractivity contribution is -0.141. The molecule has 0 saturated heterocycles. The van der Waals surface area contributed by atoms with Gasteiger partial charge in [0.05, 0.1) is 17.1 Å². The van der Waals surface area contributed by atoms with Crippen molar-refractivity contribution in [1.29, 1.82) is 0 Å². The Balaban J connectivity index is 2.92. The van der Waals surface area contributed by atoms with Crippen LogP contribution in [0.5, 0.6) is 0 Å². The Labute approximate surface area is 122 Å². The number of nitrogens with zero attached hydrogens (tertiary/aromatic N) is 2. The van der Waals surface area contributed by atoms with Crippen molar-refractivity contribution < 1.29 is 14.7 Å². The largest absolute Gasteiger partial charge is 0.481 e. The van der Waals surface area contributed by atoms with Crippen LogP contribution in [0.15, 0.2) is 6.20 Å². The van der Waals surface area contributed by atoms with Crippen LogP contribution in [-0.4, -0.2) is 33.0 Å². The normalized spacial score (nSPS) is 13.9. The Morgan fingerprint density at radius 2 is 1.90 bits per heavy atom. The summed E-state index contributed by atoms with van der Waals surface area (Å²) in [5, 5.41) is 11.6. The number of hydrogen-bond acceptors (Lipinski definition) is 4. The van der Waals surface area contributed by atoms with Gasteiger partial charge in [-0.05, 0) is 13.8 Å². The van der Waals surface area contributed by atoms with Crippen molar-refractivity contribution in [2.45, 2.75) is 39.7 Å². The highest BCUT2D eigenvalue weighted by Gasteiger charge is 2.23. The number of nitrogens with one attached hydrogen (secondary N) is 1. The lowest BCUT2D eigenvalue weighted by Gasteiger charge is -2.18. The number of aromatic nitrogens is 2. The number of carboxylic acids is 1. The quantitative estimate of drug-likeness (QED) is 0.868. The van der Waals surface area contributed by atoms with E-state index in [2.05, 4.69) is 15.3 Å². The van der Waals surface area contributed by atoms with Crippen molar-refractivity contribution in [3.8, 4) is 0 Å². The third-order valence-electron chi connectivity index (χ3n) is 2.99. The van der Waals surface area contributed by atoms with E-state index >= 15 is 0 Å². The van der Waals surface area contributed by atoms with E-state index in [1.54, 1.807) is 6.92 Å². The first-order valence-electron chi connectivity index (χ1n) is 6.30. The van der Waals surface area contributed by atoms with E-state index in [4.69, 9.17) is 16.7 Å². The summed E-state index contributed by atoms with van der Waals surface area (Å²) in [7, 11) is 0. The van der Waals surface area contributed by atoms with E-state index in [9.17, 15) is 9.59 Å². The highest BCUT2D eigenvalue weighted by molar-refractivity contribution is 6.33. The fraction of sp³-hybridized carbons (Fsp3) is 0.538. The SMILES string of the molecule is CC(C)c1ncc(Cl)c(C(=O)NC(C)C(C)C(=O)O)n1. The monoisotopic (exact) mass is 299 g/mol. The molecule has 7 heteroatoms. The van der Waals surface area contributed by atoms with Crippen molar-refractivity contribution in [3.63, 3.8) is 0 Å². The predicted molar refractivity (Wildman–Crippen MR) is 74.9 cm³/mol. The minimum absolute atomic E-state index is 0.0641. The van der Waals surface area contributed by atoms with E-state index in [0.29, 0.717) is 5.82 Å². The number of carbonyl (C=O) groups excluding carboxylic acids is 1. The third-order valence-corrected chi connectivity index (χ3v) is 3.27. The van der Waals surface area contributed by atoms with Crippen molar-refractivity contribution >= 4 is 23.5 Å². The van der Waals surface area contributed by atoms with Crippen LogP contribution in [0.2, 0.25) is 5.02 Å². The van der Waals surface area contributed by atoms with Crippen LogP contribution in [0.25, 0.3) is 0 Å². The Bertz CT molecular complexity index is 520. The molecular formula is C13H18ClN3O3. The van der Waals surface area contributed by atoms with Gasteiger partial charge in [-0.1, -0.05) is 25.4 Å². The second-order valence-electron chi connectivity index (χ2n) is 4.97. The maximum atomic E-state index is 12.1. The summed E-state index contributed by atoms with van der Waals surface area (Å²) < 4.78 is 0. The minimum Gasteiger partial charge on any atom is -0.481 e. The number of carboxylic acid groups (broad SMARTS) is 1. The molecule has 110 valence electrons. The van der Waals surface area contributed by atoms with E-state index in [-0.39, 0.29) is 16.6 Å². The average Bonchev–Trinajstić information content (AvgIpc) is 2.37. The molecule has 1 aromatic heterocycles. The summed E-state index contributed by atoms with van der Waals surface area (Å²) in [5.41, 5.74) is 0.0646. The van der Waals surface area contributed by atoms with Gasteiger partial charge in [-0.25, -0.2) is 9.97 Å². The second-order valence-corrected chi connectivity index (χ2v) is 5.38. The van der Waals surface area contributed by atoms with Gasteiger partial charge in [0.25, 0.3) is 5.91 Å². The van der Waals surface area contributed by atoms with Crippen LogP contribution in [-0.2, 0) is 4.79 Å². The minimum atomic E-state index is -0.977. The van der Waals surface area contributed by atoms with Crippen molar-refractivity contribution in [3.05, 3.63) is 22.7 Å². The van der Waals surface area contributed by atoms with Crippen LogP contribution in [0.4, 0.5) is 0 Å². The number of aliphatic carboxylic acids is 1. The molecule has 0 aliphatic carbocycles. The van der Waals surface area contributed by atoms with E-state index in [0.717, 1.165) is 0 Å².